The molecule has 2 nitrogen and oxygen atoms in total. The van der Waals surface area contributed by atoms with E-state index in [4.69, 9.17) is 0 Å². The Kier molecular flexibility index (Phi) is 5.72. The lowest BCUT2D eigenvalue weighted by Crippen LogP contribution is -2.48. The standard InChI is InChI=1S/C11H22BrNO/c1-6-11(5,7-2)13-10(14)9(12)8(3)4/h8-9H,6-7H2,1-5H3,(H,13,14). The lowest BCUT2D eigenvalue weighted by molar-refractivity contribution is -0.122. The minimum Gasteiger partial charge on any atom is -0.350 e. The summed E-state index contributed by atoms with van der Waals surface area (Å²) >= 11 is 3.41. The second-order valence-electron chi connectivity index (χ2n) is 4.40. The highest BCUT2D eigenvalue weighted by Crippen LogP contribution is 2.17. The molecule has 0 bridgehead atoms. The molecule has 0 fully saturated rings. The van der Waals surface area contributed by atoms with E-state index in [1.807, 2.05) is 13.8 Å². The Balaban J connectivity index is 4.30. The van der Waals surface area contributed by atoms with Gasteiger partial charge in [0, 0.05) is 5.54 Å². The lowest BCUT2D eigenvalue weighted by Gasteiger charge is -2.30. The Labute approximate surface area is 96.0 Å². The van der Waals surface area contributed by atoms with Gasteiger partial charge in [-0.2, -0.15) is 0 Å². The molecule has 0 saturated carbocycles. The zero-order valence-corrected chi connectivity index (χ0v) is 11.4. The first kappa shape index (κ1) is 13.9. The molecular weight excluding hydrogens is 242 g/mol. The number of amides is 1. The van der Waals surface area contributed by atoms with E-state index in [-0.39, 0.29) is 16.3 Å². The molecule has 3 heteroatoms. The van der Waals surface area contributed by atoms with E-state index >= 15 is 0 Å². The van der Waals surface area contributed by atoms with E-state index in [9.17, 15) is 4.79 Å². The summed E-state index contributed by atoms with van der Waals surface area (Å²) in [6.45, 7) is 10.4. The zero-order valence-electron chi connectivity index (χ0n) is 9.86. The molecule has 0 saturated heterocycles. The van der Waals surface area contributed by atoms with Crippen LogP contribution in [0, 0.1) is 5.92 Å². The van der Waals surface area contributed by atoms with Crippen molar-refractivity contribution in [3.8, 4) is 0 Å². The molecule has 0 radical (unpaired) electrons. The maximum Gasteiger partial charge on any atom is 0.234 e. The van der Waals surface area contributed by atoms with Crippen molar-refractivity contribution < 1.29 is 4.79 Å². The van der Waals surface area contributed by atoms with Crippen LogP contribution in [-0.4, -0.2) is 16.3 Å². The van der Waals surface area contributed by atoms with Crippen LogP contribution in [0.4, 0.5) is 0 Å². The van der Waals surface area contributed by atoms with Crippen molar-refractivity contribution in [3.63, 3.8) is 0 Å². The summed E-state index contributed by atoms with van der Waals surface area (Å²) in [5.41, 5.74) is -0.0575. The van der Waals surface area contributed by atoms with Crippen LogP contribution in [0.3, 0.4) is 0 Å². The molecule has 0 rings (SSSR count). The molecule has 1 unspecified atom stereocenters. The lowest BCUT2D eigenvalue weighted by atomic mass is 9.95. The van der Waals surface area contributed by atoms with Crippen LogP contribution >= 0.6 is 15.9 Å². The molecule has 0 aliphatic heterocycles. The van der Waals surface area contributed by atoms with Crippen molar-refractivity contribution in [3.05, 3.63) is 0 Å². The first-order chi connectivity index (χ1) is 6.36. The Morgan fingerprint density at radius 2 is 1.79 bits per heavy atom. The molecule has 0 spiro atoms. The highest BCUT2D eigenvalue weighted by atomic mass is 79.9. The van der Waals surface area contributed by atoms with Crippen LogP contribution in [0.25, 0.3) is 0 Å². The molecule has 84 valence electrons. The van der Waals surface area contributed by atoms with Crippen molar-refractivity contribution in [1.82, 2.24) is 5.32 Å². The summed E-state index contributed by atoms with van der Waals surface area (Å²) in [4.78, 5) is 11.7. The van der Waals surface area contributed by atoms with Crippen LogP contribution in [0.2, 0.25) is 0 Å². The first-order valence-corrected chi connectivity index (χ1v) is 6.24. The van der Waals surface area contributed by atoms with Crippen LogP contribution < -0.4 is 5.32 Å². The summed E-state index contributed by atoms with van der Waals surface area (Å²) in [6, 6.07) is 0. The zero-order chi connectivity index (χ0) is 11.4. The summed E-state index contributed by atoms with van der Waals surface area (Å²) < 4.78 is 0. The number of hydrogen-bond acceptors (Lipinski definition) is 1. The third-order valence-corrected chi connectivity index (χ3v) is 4.29. The van der Waals surface area contributed by atoms with Crippen molar-refractivity contribution in [2.24, 2.45) is 5.92 Å². The summed E-state index contributed by atoms with van der Waals surface area (Å²) in [5, 5.41) is 3.09. The quantitative estimate of drug-likeness (QED) is 0.759. The Hall–Kier alpha value is -0.0500. The fourth-order valence-electron chi connectivity index (χ4n) is 1.10. The fraction of sp³-hybridized carbons (Fsp3) is 0.909. The van der Waals surface area contributed by atoms with Gasteiger partial charge in [-0.05, 0) is 25.7 Å². The minimum absolute atomic E-state index is 0.0575. The van der Waals surface area contributed by atoms with E-state index in [2.05, 4.69) is 42.0 Å². The van der Waals surface area contributed by atoms with Crippen LogP contribution in [0.1, 0.15) is 47.5 Å². The van der Waals surface area contributed by atoms with Gasteiger partial charge in [0.25, 0.3) is 0 Å². The third kappa shape index (κ3) is 3.99. The van der Waals surface area contributed by atoms with Gasteiger partial charge in [-0.25, -0.2) is 0 Å². The van der Waals surface area contributed by atoms with Crippen molar-refractivity contribution in [1.29, 1.82) is 0 Å². The second kappa shape index (κ2) is 5.74. The van der Waals surface area contributed by atoms with Crippen LogP contribution in [0.15, 0.2) is 0 Å². The van der Waals surface area contributed by atoms with Gasteiger partial charge in [-0.1, -0.05) is 43.6 Å². The normalized spacial score (nSPS) is 14.2. The molecule has 0 aromatic heterocycles. The van der Waals surface area contributed by atoms with Gasteiger partial charge >= 0.3 is 0 Å². The van der Waals surface area contributed by atoms with E-state index in [1.54, 1.807) is 0 Å². The van der Waals surface area contributed by atoms with Gasteiger partial charge in [-0.3, -0.25) is 4.79 Å². The first-order valence-electron chi connectivity index (χ1n) is 5.32. The number of carbonyl (C=O) groups is 1. The Morgan fingerprint density at radius 3 is 2.07 bits per heavy atom. The fourth-order valence-corrected chi connectivity index (χ4v) is 1.21. The molecule has 14 heavy (non-hydrogen) atoms. The second-order valence-corrected chi connectivity index (χ2v) is 5.39. The number of hydrogen-bond donors (Lipinski definition) is 1. The van der Waals surface area contributed by atoms with Gasteiger partial charge in [0.15, 0.2) is 0 Å². The van der Waals surface area contributed by atoms with Crippen LogP contribution in [0.5, 0.6) is 0 Å². The number of rotatable bonds is 5. The smallest absolute Gasteiger partial charge is 0.234 e. The van der Waals surface area contributed by atoms with E-state index < -0.39 is 0 Å². The van der Waals surface area contributed by atoms with Gasteiger partial charge in [0.2, 0.25) is 5.91 Å². The minimum atomic E-state index is -0.0834. The summed E-state index contributed by atoms with van der Waals surface area (Å²) in [6.07, 6.45) is 1.93. The molecule has 0 aromatic rings. The Bertz CT molecular complexity index is 188. The number of nitrogens with one attached hydrogen (secondary N) is 1. The van der Waals surface area contributed by atoms with Crippen molar-refractivity contribution >= 4 is 21.8 Å². The number of carbonyl (C=O) groups excluding carboxylic acids is 1. The largest absolute Gasteiger partial charge is 0.350 e. The molecular formula is C11H22BrNO. The average Bonchev–Trinajstić information content (AvgIpc) is 2.16. The van der Waals surface area contributed by atoms with Crippen molar-refractivity contribution in [2.45, 2.75) is 57.8 Å². The highest BCUT2D eigenvalue weighted by Gasteiger charge is 2.26. The number of alkyl halides is 1. The molecule has 1 amide bonds. The number of halogens is 1. The SMILES string of the molecule is CCC(C)(CC)NC(=O)C(Br)C(C)C. The molecule has 1 atom stereocenters. The summed E-state index contributed by atoms with van der Waals surface area (Å²) in [7, 11) is 0. The average molecular weight is 264 g/mol. The predicted octanol–water partition coefficient (Wildman–Crippen LogP) is 3.10. The van der Waals surface area contributed by atoms with E-state index in [0.717, 1.165) is 12.8 Å². The molecule has 0 heterocycles. The Morgan fingerprint density at radius 1 is 1.36 bits per heavy atom. The maximum absolute atomic E-state index is 11.8. The van der Waals surface area contributed by atoms with Crippen molar-refractivity contribution in [2.75, 3.05) is 0 Å². The van der Waals surface area contributed by atoms with Gasteiger partial charge in [0.1, 0.15) is 0 Å². The van der Waals surface area contributed by atoms with Crippen LogP contribution in [-0.2, 0) is 4.79 Å². The molecule has 0 aromatic carbocycles. The van der Waals surface area contributed by atoms with Gasteiger partial charge in [0.05, 0.1) is 4.83 Å². The summed E-state index contributed by atoms with van der Waals surface area (Å²) in [5.74, 6) is 0.430. The highest BCUT2D eigenvalue weighted by molar-refractivity contribution is 9.10. The van der Waals surface area contributed by atoms with E-state index in [1.165, 1.54) is 0 Å². The third-order valence-electron chi connectivity index (χ3n) is 2.82. The maximum atomic E-state index is 11.8. The molecule has 0 aliphatic rings. The van der Waals surface area contributed by atoms with Gasteiger partial charge in [-0.15, -0.1) is 0 Å². The van der Waals surface area contributed by atoms with Gasteiger partial charge < -0.3 is 5.32 Å². The molecule has 1 N–H and O–H groups in total. The predicted molar refractivity (Wildman–Crippen MR) is 64.7 cm³/mol. The monoisotopic (exact) mass is 263 g/mol. The topological polar surface area (TPSA) is 29.1 Å². The van der Waals surface area contributed by atoms with E-state index in [0.29, 0.717) is 5.92 Å². The molecule has 0 aliphatic carbocycles.